The molecule has 7 nitrogen and oxygen atoms in total. The fourth-order valence-electron chi connectivity index (χ4n) is 3.56. The van der Waals surface area contributed by atoms with Gasteiger partial charge in [0.25, 0.3) is 0 Å². The van der Waals surface area contributed by atoms with Gasteiger partial charge in [0.1, 0.15) is 17.3 Å². The van der Waals surface area contributed by atoms with E-state index < -0.39 is 9.84 Å². The summed E-state index contributed by atoms with van der Waals surface area (Å²) in [5, 5.41) is 5.01. The first-order valence-electron chi connectivity index (χ1n) is 9.52. The topological polar surface area (TPSA) is 92.3 Å². The largest absolute Gasteiger partial charge is 0.356 e. The Bertz CT molecular complexity index is 1150. The lowest BCUT2D eigenvalue weighted by molar-refractivity contribution is 0.111. The Labute approximate surface area is 169 Å². The van der Waals surface area contributed by atoms with Crippen LogP contribution in [0.1, 0.15) is 29.8 Å². The minimum atomic E-state index is -3.23. The van der Waals surface area contributed by atoms with E-state index in [1.165, 1.54) is 12.7 Å². The summed E-state index contributed by atoms with van der Waals surface area (Å²) in [6.45, 7) is 1.84. The predicted octanol–water partition coefficient (Wildman–Crippen LogP) is 3.58. The second-order valence-electron chi connectivity index (χ2n) is 7.25. The van der Waals surface area contributed by atoms with Crippen LogP contribution in [0.4, 0.5) is 17.3 Å². The first kappa shape index (κ1) is 19.3. The molecular formula is C21H22N4O3S. The van der Waals surface area contributed by atoms with Crippen molar-refractivity contribution < 1.29 is 13.2 Å². The Morgan fingerprint density at radius 3 is 2.45 bits per heavy atom. The van der Waals surface area contributed by atoms with E-state index in [1.807, 2.05) is 6.07 Å². The van der Waals surface area contributed by atoms with Gasteiger partial charge in [-0.3, -0.25) is 4.79 Å². The highest BCUT2D eigenvalue weighted by Gasteiger charge is 2.17. The Balaban J connectivity index is 1.70. The number of rotatable bonds is 5. The van der Waals surface area contributed by atoms with Crippen molar-refractivity contribution in [2.75, 3.05) is 29.6 Å². The maximum Gasteiger partial charge on any atom is 0.175 e. The van der Waals surface area contributed by atoms with Crippen LogP contribution in [0.25, 0.3) is 10.8 Å². The molecule has 0 aliphatic carbocycles. The van der Waals surface area contributed by atoms with E-state index in [9.17, 15) is 13.2 Å². The molecule has 0 unspecified atom stereocenters. The van der Waals surface area contributed by atoms with E-state index in [-0.39, 0.29) is 4.90 Å². The number of pyridine rings is 2. The van der Waals surface area contributed by atoms with Crippen molar-refractivity contribution in [3.63, 3.8) is 0 Å². The summed E-state index contributed by atoms with van der Waals surface area (Å²) < 4.78 is 23.2. The summed E-state index contributed by atoms with van der Waals surface area (Å²) >= 11 is 0. The molecule has 0 amide bonds. The van der Waals surface area contributed by atoms with Crippen LogP contribution in [0.15, 0.2) is 47.5 Å². The third-order valence-corrected chi connectivity index (χ3v) is 6.17. The van der Waals surface area contributed by atoms with Gasteiger partial charge in [-0.1, -0.05) is 0 Å². The number of anilines is 3. The highest BCUT2D eigenvalue weighted by atomic mass is 32.2. The first-order valence-corrected chi connectivity index (χ1v) is 11.4. The van der Waals surface area contributed by atoms with Gasteiger partial charge in [0, 0.05) is 42.0 Å². The van der Waals surface area contributed by atoms with E-state index in [2.05, 4.69) is 20.2 Å². The zero-order valence-corrected chi connectivity index (χ0v) is 16.9. The number of hydrogen-bond donors (Lipinski definition) is 1. The third-order valence-electron chi connectivity index (χ3n) is 5.05. The maximum atomic E-state index is 11.6. The van der Waals surface area contributed by atoms with Crippen molar-refractivity contribution in [1.29, 1.82) is 0 Å². The Hall–Kier alpha value is -3.00. The maximum absolute atomic E-state index is 11.6. The molecule has 0 bridgehead atoms. The molecule has 0 atom stereocenters. The molecular weight excluding hydrogens is 388 g/mol. The van der Waals surface area contributed by atoms with Crippen molar-refractivity contribution >= 4 is 44.2 Å². The second-order valence-corrected chi connectivity index (χ2v) is 9.26. The summed E-state index contributed by atoms with van der Waals surface area (Å²) in [6, 6.07) is 10.2. The van der Waals surface area contributed by atoms with Crippen LogP contribution in [-0.4, -0.2) is 44.0 Å². The average molecular weight is 410 g/mol. The fraction of sp³-hybridized carbons (Fsp3) is 0.286. The Kier molecular flexibility index (Phi) is 5.19. The summed E-state index contributed by atoms with van der Waals surface area (Å²) in [5.41, 5.74) is 1.14. The summed E-state index contributed by atoms with van der Waals surface area (Å²) in [6.07, 6.45) is 7.10. The van der Waals surface area contributed by atoms with E-state index in [1.54, 1.807) is 36.5 Å². The lowest BCUT2D eigenvalue weighted by Crippen LogP contribution is -2.30. The van der Waals surface area contributed by atoms with Gasteiger partial charge in [-0.05, 0) is 55.7 Å². The normalized spacial score (nSPS) is 14.7. The van der Waals surface area contributed by atoms with Crippen LogP contribution < -0.4 is 10.2 Å². The zero-order chi connectivity index (χ0) is 20.4. The van der Waals surface area contributed by atoms with Gasteiger partial charge in [-0.25, -0.2) is 18.4 Å². The molecule has 1 saturated heterocycles. The van der Waals surface area contributed by atoms with Crippen molar-refractivity contribution in [3.05, 3.63) is 48.3 Å². The zero-order valence-electron chi connectivity index (χ0n) is 16.1. The number of carbonyl (C=O) groups excluding carboxylic acids is 1. The Morgan fingerprint density at radius 1 is 1.07 bits per heavy atom. The minimum absolute atomic E-state index is 0.271. The van der Waals surface area contributed by atoms with Gasteiger partial charge in [0.05, 0.1) is 4.90 Å². The Morgan fingerprint density at radius 2 is 1.79 bits per heavy atom. The lowest BCUT2D eigenvalue weighted by Gasteiger charge is -2.29. The molecule has 29 heavy (non-hydrogen) atoms. The highest BCUT2D eigenvalue weighted by molar-refractivity contribution is 7.90. The monoisotopic (exact) mass is 410 g/mol. The van der Waals surface area contributed by atoms with Gasteiger partial charge in [0.2, 0.25) is 0 Å². The number of nitrogens with one attached hydrogen (secondary N) is 1. The molecule has 4 rings (SSSR count). The number of aromatic nitrogens is 2. The lowest BCUT2D eigenvalue weighted by atomic mass is 10.1. The van der Waals surface area contributed by atoms with Crippen molar-refractivity contribution in [2.45, 2.75) is 24.2 Å². The second kappa shape index (κ2) is 7.79. The molecule has 2 aromatic heterocycles. The molecule has 3 heterocycles. The predicted molar refractivity (Wildman–Crippen MR) is 114 cm³/mol. The molecule has 1 aliphatic rings. The average Bonchev–Trinajstić information content (AvgIpc) is 2.73. The molecule has 1 fully saturated rings. The van der Waals surface area contributed by atoms with Gasteiger partial charge in [-0.15, -0.1) is 0 Å². The molecule has 1 N–H and O–H groups in total. The van der Waals surface area contributed by atoms with Crippen molar-refractivity contribution in [3.8, 4) is 0 Å². The standard InChI is InChI=1S/C21H22N4O3S/c1-29(27,28)18-7-5-16(6-8-18)23-20-12-19-15(13-22-20)11-17(14-26)24-21(19)25-9-3-2-4-10-25/h5-8,11-14H,2-4,9-10H2,1H3,(H,22,23). The molecule has 3 aromatic rings. The summed E-state index contributed by atoms with van der Waals surface area (Å²) in [5.74, 6) is 1.44. The minimum Gasteiger partial charge on any atom is -0.356 e. The quantitative estimate of drug-likeness (QED) is 0.643. The van der Waals surface area contributed by atoms with E-state index in [0.29, 0.717) is 11.5 Å². The number of piperidine rings is 1. The highest BCUT2D eigenvalue weighted by Crippen LogP contribution is 2.30. The van der Waals surface area contributed by atoms with Crippen LogP contribution in [0.5, 0.6) is 0 Å². The number of hydrogen-bond acceptors (Lipinski definition) is 7. The van der Waals surface area contributed by atoms with Crippen molar-refractivity contribution in [1.82, 2.24) is 9.97 Å². The molecule has 1 aromatic carbocycles. The first-order chi connectivity index (χ1) is 13.9. The van der Waals surface area contributed by atoms with E-state index in [4.69, 9.17) is 0 Å². The van der Waals surface area contributed by atoms with Gasteiger partial charge < -0.3 is 10.2 Å². The number of benzene rings is 1. The number of fused-ring (bicyclic) bond motifs is 1. The summed E-state index contributed by atoms with van der Waals surface area (Å²) in [4.78, 5) is 22.8. The third kappa shape index (κ3) is 4.22. The van der Waals surface area contributed by atoms with Crippen LogP contribution in [0, 0.1) is 0 Å². The molecule has 0 spiro atoms. The number of aldehydes is 1. The van der Waals surface area contributed by atoms with E-state index >= 15 is 0 Å². The van der Waals surface area contributed by atoms with Crippen LogP contribution >= 0.6 is 0 Å². The molecule has 0 saturated carbocycles. The van der Waals surface area contributed by atoms with Gasteiger partial charge >= 0.3 is 0 Å². The van der Waals surface area contributed by atoms with Crippen LogP contribution in [0.3, 0.4) is 0 Å². The molecule has 150 valence electrons. The SMILES string of the molecule is CS(=O)(=O)c1ccc(Nc2cc3c(N4CCCCC4)nc(C=O)cc3cn2)cc1. The number of carbonyl (C=O) groups is 1. The fourth-order valence-corrected chi connectivity index (χ4v) is 4.19. The number of nitrogens with zero attached hydrogens (tertiary/aromatic N) is 3. The van der Waals surface area contributed by atoms with Crippen LogP contribution in [0.2, 0.25) is 0 Å². The van der Waals surface area contributed by atoms with E-state index in [0.717, 1.165) is 54.5 Å². The van der Waals surface area contributed by atoms with Crippen LogP contribution in [-0.2, 0) is 9.84 Å². The smallest absolute Gasteiger partial charge is 0.175 e. The number of sulfone groups is 1. The molecule has 1 aliphatic heterocycles. The molecule has 0 radical (unpaired) electrons. The van der Waals surface area contributed by atoms with Crippen molar-refractivity contribution in [2.24, 2.45) is 0 Å². The molecule has 8 heteroatoms. The van der Waals surface area contributed by atoms with Gasteiger partial charge in [0.15, 0.2) is 16.1 Å². The van der Waals surface area contributed by atoms with Gasteiger partial charge in [-0.2, -0.15) is 0 Å². The summed E-state index contributed by atoms with van der Waals surface area (Å²) in [7, 11) is -3.23.